The lowest BCUT2D eigenvalue weighted by molar-refractivity contribution is -0.105. The van der Waals surface area contributed by atoms with Crippen molar-refractivity contribution in [3.63, 3.8) is 0 Å². The van der Waals surface area contributed by atoms with Gasteiger partial charge in [-0.05, 0) is 0 Å². The first-order chi connectivity index (χ1) is 4.91. The van der Waals surface area contributed by atoms with Gasteiger partial charge in [-0.3, -0.25) is 0 Å². The highest BCUT2D eigenvalue weighted by molar-refractivity contribution is 8.03. The molecule has 0 amide bonds. The maximum atomic E-state index is 9.83. The molecule has 0 aromatic rings. The van der Waals surface area contributed by atoms with Crippen LogP contribution in [-0.2, 0) is 4.79 Å². The van der Waals surface area contributed by atoms with Crippen molar-refractivity contribution in [2.45, 2.75) is 0 Å². The predicted molar refractivity (Wildman–Crippen MR) is 47.8 cm³/mol. The van der Waals surface area contributed by atoms with Crippen molar-refractivity contribution in [2.75, 3.05) is 29.6 Å². The number of carbonyl (C=O) groups is 1. The maximum Gasteiger partial charge on any atom is 0.129 e. The number of aldehydes is 1. The summed E-state index contributed by atoms with van der Waals surface area (Å²) in [6.07, 6.45) is 0.918. The maximum absolute atomic E-state index is 9.83. The Balaban J connectivity index is 2.70. The average Bonchev–Trinajstić information content (AvgIpc) is 1.97. The first-order valence-corrected chi connectivity index (χ1v) is 5.42. The summed E-state index contributed by atoms with van der Waals surface area (Å²) in [5.74, 6) is 3.43. The second-order valence-corrected chi connectivity index (χ2v) is 3.95. The summed E-state index contributed by atoms with van der Waals surface area (Å²) < 4.78 is 0. The van der Waals surface area contributed by atoms with Gasteiger partial charge in [0, 0.05) is 23.0 Å². The largest absolute Gasteiger partial charge is 0.396 e. The van der Waals surface area contributed by atoms with E-state index in [0.29, 0.717) is 5.75 Å². The van der Waals surface area contributed by atoms with Crippen LogP contribution in [0.15, 0.2) is 0 Å². The molecular weight excluding hydrogens is 168 g/mol. The quantitative estimate of drug-likeness (QED) is 0.461. The number of hydrogen-bond acceptors (Lipinski definition) is 4. The van der Waals surface area contributed by atoms with E-state index in [4.69, 9.17) is 5.11 Å². The van der Waals surface area contributed by atoms with Crippen molar-refractivity contribution >= 4 is 29.8 Å². The fraction of sp³-hybridized carbons (Fsp3) is 0.833. The van der Waals surface area contributed by atoms with E-state index in [9.17, 15) is 4.79 Å². The second kappa shape index (κ2) is 9.33. The van der Waals surface area contributed by atoms with Crippen LogP contribution < -0.4 is 0 Å². The molecule has 0 saturated heterocycles. The molecule has 0 aliphatic rings. The van der Waals surface area contributed by atoms with Crippen LogP contribution in [0.25, 0.3) is 0 Å². The summed E-state index contributed by atoms with van der Waals surface area (Å²) >= 11 is 3.35. The summed E-state index contributed by atoms with van der Waals surface area (Å²) in [4.78, 5) is 9.83. The first kappa shape index (κ1) is 10.3. The first-order valence-electron chi connectivity index (χ1n) is 3.11. The fourth-order valence-electron chi connectivity index (χ4n) is 0.416. The van der Waals surface area contributed by atoms with Crippen LogP contribution >= 0.6 is 23.5 Å². The number of carbonyl (C=O) groups excluding carboxylic acids is 1. The van der Waals surface area contributed by atoms with Gasteiger partial charge in [-0.15, -0.1) is 0 Å². The third-order valence-electron chi connectivity index (χ3n) is 0.794. The topological polar surface area (TPSA) is 37.3 Å². The molecule has 0 rings (SSSR count). The Kier molecular flexibility index (Phi) is 9.64. The van der Waals surface area contributed by atoms with Gasteiger partial charge in [0.15, 0.2) is 0 Å². The minimum Gasteiger partial charge on any atom is -0.396 e. The average molecular weight is 180 g/mol. The third-order valence-corrected chi connectivity index (χ3v) is 2.88. The van der Waals surface area contributed by atoms with E-state index in [-0.39, 0.29) is 6.61 Å². The lowest BCUT2D eigenvalue weighted by Gasteiger charge is -1.95. The van der Waals surface area contributed by atoms with Crippen molar-refractivity contribution in [3.05, 3.63) is 0 Å². The molecule has 2 nitrogen and oxygen atoms in total. The molecule has 0 aliphatic carbocycles. The lowest BCUT2D eigenvalue weighted by atomic mass is 10.9. The smallest absolute Gasteiger partial charge is 0.129 e. The van der Waals surface area contributed by atoms with Gasteiger partial charge in [-0.25, -0.2) is 0 Å². The molecule has 0 aliphatic heterocycles. The molecule has 0 fully saturated rings. The normalized spacial score (nSPS) is 9.70. The predicted octanol–water partition coefficient (Wildman–Crippen LogP) is 0.644. The summed E-state index contributed by atoms with van der Waals surface area (Å²) in [5.41, 5.74) is 0. The second-order valence-electron chi connectivity index (χ2n) is 1.58. The molecule has 0 unspecified atom stereocenters. The molecule has 0 atom stereocenters. The van der Waals surface area contributed by atoms with E-state index < -0.39 is 0 Å². The monoisotopic (exact) mass is 180 g/mol. The standard InChI is InChI=1S/C6H12O2S2/c7-1-3-9-5-6-10-4-2-8/h1,8H,2-6H2. The van der Waals surface area contributed by atoms with Crippen LogP contribution in [0.3, 0.4) is 0 Å². The Morgan fingerprint density at radius 3 is 2.50 bits per heavy atom. The van der Waals surface area contributed by atoms with Crippen molar-refractivity contribution in [1.82, 2.24) is 0 Å². The Bertz CT molecular complexity index is 78.1. The minimum atomic E-state index is 0.253. The third kappa shape index (κ3) is 8.33. The van der Waals surface area contributed by atoms with Crippen molar-refractivity contribution in [3.8, 4) is 0 Å². The summed E-state index contributed by atoms with van der Waals surface area (Å²) in [6, 6.07) is 0. The SMILES string of the molecule is O=CCSCCSCCO. The van der Waals surface area contributed by atoms with Crippen molar-refractivity contribution < 1.29 is 9.90 Å². The Hall–Kier alpha value is 0.330. The Morgan fingerprint density at radius 2 is 1.90 bits per heavy atom. The van der Waals surface area contributed by atoms with E-state index in [1.54, 1.807) is 23.5 Å². The van der Waals surface area contributed by atoms with Crippen molar-refractivity contribution in [1.29, 1.82) is 0 Å². The number of aliphatic hydroxyl groups is 1. The molecule has 0 spiro atoms. The zero-order chi connectivity index (χ0) is 7.66. The van der Waals surface area contributed by atoms with Gasteiger partial charge in [0.05, 0.1) is 6.61 Å². The van der Waals surface area contributed by atoms with E-state index in [1.807, 2.05) is 0 Å². The molecular formula is C6H12O2S2. The fourth-order valence-corrected chi connectivity index (χ4v) is 1.95. The highest BCUT2D eigenvalue weighted by atomic mass is 32.2. The van der Waals surface area contributed by atoms with Crippen LogP contribution in [0.5, 0.6) is 0 Å². The van der Waals surface area contributed by atoms with Gasteiger partial charge < -0.3 is 9.90 Å². The molecule has 0 bridgehead atoms. The summed E-state index contributed by atoms with van der Waals surface area (Å²) in [6.45, 7) is 0.253. The molecule has 0 aromatic carbocycles. The number of aliphatic hydroxyl groups excluding tert-OH is 1. The van der Waals surface area contributed by atoms with Gasteiger partial charge in [0.25, 0.3) is 0 Å². The highest BCUT2D eigenvalue weighted by Gasteiger charge is 1.88. The van der Waals surface area contributed by atoms with Gasteiger partial charge in [-0.2, -0.15) is 23.5 Å². The Labute approximate surface area is 69.8 Å². The van der Waals surface area contributed by atoms with Gasteiger partial charge >= 0.3 is 0 Å². The van der Waals surface area contributed by atoms with E-state index in [2.05, 4.69) is 0 Å². The summed E-state index contributed by atoms with van der Waals surface area (Å²) in [7, 11) is 0. The minimum absolute atomic E-state index is 0.253. The number of rotatable bonds is 7. The van der Waals surface area contributed by atoms with Gasteiger partial charge in [-0.1, -0.05) is 0 Å². The molecule has 1 N–H and O–H groups in total. The van der Waals surface area contributed by atoms with Crippen LogP contribution in [0.2, 0.25) is 0 Å². The van der Waals surface area contributed by atoms with E-state index >= 15 is 0 Å². The van der Waals surface area contributed by atoms with Gasteiger partial charge in [0.2, 0.25) is 0 Å². The molecule has 0 heterocycles. The molecule has 10 heavy (non-hydrogen) atoms. The lowest BCUT2D eigenvalue weighted by Crippen LogP contribution is -1.91. The highest BCUT2D eigenvalue weighted by Crippen LogP contribution is 2.04. The molecule has 0 radical (unpaired) electrons. The zero-order valence-corrected chi connectivity index (χ0v) is 7.42. The van der Waals surface area contributed by atoms with Gasteiger partial charge in [0.1, 0.15) is 6.29 Å². The van der Waals surface area contributed by atoms with Crippen LogP contribution in [-0.4, -0.2) is 41.0 Å². The van der Waals surface area contributed by atoms with Crippen molar-refractivity contribution in [2.24, 2.45) is 0 Å². The van der Waals surface area contributed by atoms with Crippen LogP contribution in [0.1, 0.15) is 0 Å². The number of thioether (sulfide) groups is 2. The summed E-state index contributed by atoms with van der Waals surface area (Å²) in [5, 5.41) is 8.39. The van der Waals surface area contributed by atoms with E-state index in [0.717, 1.165) is 23.5 Å². The zero-order valence-electron chi connectivity index (χ0n) is 5.78. The van der Waals surface area contributed by atoms with Crippen LogP contribution in [0, 0.1) is 0 Å². The molecule has 4 heteroatoms. The molecule has 60 valence electrons. The molecule has 0 aromatic heterocycles. The van der Waals surface area contributed by atoms with E-state index in [1.165, 1.54) is 0 Å². The Morgan fingerprint density at radius 1 is 1.20 bits per heavy atom. The molecule has 0 saturated carbocycles. The number of hydrogen-bond donors (Lipinski definition) is 1. The van der Waals surface area contributed by atoms with Crippen LogP contribution in [0.4, 0.5) is 0 Å².